The van der Waals surface area contributed by atoms with Gasteiger partial charge in [0.05, 0.1) is 29.3 Å². The Morgan fingerprint density at radius 1 is 1.09 bits per heavy atom. The Morgan fingerprint density at radius 2 is 1.85 bits per heavy atom. The van der Waals surface area contributed by atoms with E-state index in [0.717, 1.165) is 50.8 Å². The van der Waals surface area contributed by atoms with Crippen molar-refractivity contribution in [1.82, 2.24) is 15.3 Å². The molecule has 4 bridgehead atoms. The molecule has 3 N–H and O–H groups in total. The highest BCUT2D eigenvalue weighted by atomic mass is 16.5. The molecule has 7 rings (SSSR count). The number of carboxylic acids is 1. The van der Waals surface area contributed by atoms with Gasteiger partial charge in [-0.3, -0.25) is 9.59 Å². The average molecular weight is 455 g/mol. The number of hydrogen-bond acceptors (Lipinski definition) is 6. The smallest absolute Gasteiger partial charge is 0.309 e. The van der Waals surface area contributed by atoms with E-state index in [1.807, 2.05) is 0 Å². The van der Waals surface area contributed by atoms with E-state index < -0.39 is 11.4 Å². The molecule has 5 saturated carbocycles. The van der Waals surface area contributed by atoms with E-state index in [9.17, 15) is 14.7 Å². The summed E-state index contributed by atoms with van der Waals surface area (Å²) in [5.41, 5.74) is 0.900. The molecule has 5 aliphatic carbocycles. The number of carbonyl (C=O) groups is 2. The van der Waals surface area contributed by atoms with Crippen LogP contribution in [0.3, 0.4) is 0 Å². The van der Waals surface area contributed by atoms with E-state index in [2.05, 4.69) is 15.6 Å². The number of hydrogen-bond donors (Lipinski definition) is 3. The molecule has 2 heterocycles. The van der Waals surface area contributed by atoms with Crippen molar-refractivity contribution in [3.8, 4) is 0 Å². The highest BCUT2D eigenvalue weighted by molar-refractivity contribution is 5.95. The number of rotatable bonds is 6. The van der Waals surface area contributed by atoms with E-state index >= 15 is 0 Å². The van der Waals surface area contributed by atoms with Gasteiger partial charge in [-0.05, 0) is 69.1 Å². The highest BCUT2D eigenvalue weighted by Gasteiger charge is 2.59. The van der Waals surface area contributed by atoms with E-state index in [4.69, 9.17) is 9.72 Å². The van der Waals surface area contributed by atoms with Crippen molar-refractivity contribution in [2.45, 2.75) is 82.2 Å². The molecular weight excluding hydrogens is 420 g/mol. The van der Waals surface area contributed by atoms with Crippen LogP contribution in [-0.4, -0.2) is 52.2 Å². The zero-order chi connectivity index (χ0) is 22.6. The number of carbonyl (C=O) groups excluding carboxylic acids is 1. The number of nitrogens with one attached hydrogen (secondary N) is 2. The molecule has 6 aliphatic rings. The molecule has 2 unspecified atom stereocenters. The fourth-order valence-electron chi connectivity index (χ4n) is 7.73. The lowest BCUT2D eigenvalue weighted by molar-refractivity contribution is -0.166. The number of anilines is 1. The van der Waals surface area contributed by atoms with Crippen LogP contribution in [0.15, 0.2) is 6.20 Å². The summed E-state index contributed by atoms with van der Waals surface area (Å²) in [7, 11) is 0. The summed E-state index contributed by atoms with van der Waals surface area (Å²) >= 11 is 0. The van der Waals surface area contributed by atoms with E-state index in [1.165, 1.54) is 12.8 Å². The normalized spacial score (nSPS) is 37.4. The van der Waals surface area contributed by atoms with Gasteiger partial charge in [0.1, 0.15) is 0 Å². The first-order chi connectivity index (χ1) is 16.0. The van der Waals surface area contributed by atoms with Crippen molar-refractivity contribution in [2.24, 2.45) is 23.2 Å². The van der Waals surface area contributed by atoms with Crippen LogP contribution in [0, 0.1) is 23.2 Å². The standard InChI is InChI=1S/C25H34N4O4/c30-22(28-20-16-7-14-8-17(20)11-25(9-14,10-16)23(31)32)19-12-26-24(27-18-5-6-33-13-18)29-21(19)15-3-1-2-4-15/h12,14-18,20H,1-11,13H2,(H,28,30)(H,31,32)(H,26,27,29)/t14?,16?,17?,18-,20-,25+/m0/s1. The first kappa shape index (κ1) is 21.3. The van der Waals surface area contributed by atoms with Gasteiger partial charge in [-0.15, -0.1) is 0 Å². The van der Waals surface area contributed by atoms with Gasteiger partial charge < -0.3 is 20.5 Å². The SMILES string of the molecule is O=C(N[C@H]1C2CC3CC1C[C@@](C(=O)O)(C3)C2)c1cnc(N[C@H]2CCOC2)nc1C1CCCC1. The average Bonchev–Trinajstić information content (AvgIpc) is 3.50. The fourth-order valence-corrected chi connectivity index (χ4v) is 7.73. The van der Waals surface area contributed by atoms with Crippen LogP contribution in [0.1, 0.15) is 86.2 Å². The first-order valence-electron chi connectivity index (χ1n) is 12.8. The van der Waals surface area contributed by atoms with Crippen molar-refractivity contribution in [1.29, 1.82) is 0 Å². The molecule has 1 amide bonds. The molecule has 0 spiro atoms. The summed E-state index contributed by atoms with van der Waals surface area (Å²) in [6, 6.07) is 0.280. The van der Waals surface area contributed by atoms with Crippen molar-refractivity contribution >= 4 is 17.8 Å². The lowest BCUT2D eigenvalue weighted by atomic mass is 9.48. The fraction of sp³-hybridized carbons (Fsp3) is 0.760. The highest BCUT2D eigenvalue weighted by Crippen LogP contribution is 2.60. The largest absolute Gasteiger partial charge is 0.481 e. The second-order valence-electron chi connectivity index (χ2n) is 11.2. The Bertz CT molecular complexity index is 924. The molecule has 1 aromatic heterocycles. The third-order valence-electron chi connectivity index (χ3n) is 9.09. The van der Waals surface area contributed by atoms with E-state index in [1.54, 1.807) is 6.20 Å². The van der Waals surface area contributed by atoms with Crippen LogP contribution in [0.2, 0.25) is 0 Å². The molecule has 3 atom stereocenters. The van der Waals surface area contributed by atoms with Gasteiger partial charge in [-0.25, -0.2) is 9.97 Å². The Kier molecular flexibility index (Phi) is 5.31. The van der Waals surface area contributed by atoms with E-state index in [-0.39, 0.29) is 29.8 Å². The molecule has 8 heteroatoms. The summed E-state index contributed by atoms with van der Waals surface area (Å²) in [5, 5.41) is 16.6. The lowest BCUT2D eigenvalue weighted by Crippen LogP contribution is -2.61. The molecule has 0 radical (unpaired) electrons. The van der Waals surface area contributed by atoms with Gasteiger partial charge in [-0.2, -0.15) is 0 Å². The Morgan fingerprint density at radius 3 is 2.52 bits per heavy atom. The predicted molar refractivity (Wildman–Crippen MR) is 121 cm³/mol. The topological polar surface area (TPSA) is 113 Å². The molecule has 1 aromatic rings. The van der Waals surface area contributed by atoms with Gasteiger partial charge in [0.2, 0.25) is 5.95 Å². The van der Waals surface area contributed by atoms with Crippen LogP contribution in [-0.2, 0) is 9.53 Å². The summed E-state index contributed by atoms with van der Waals surface area (Å²) < 4.78 is 5.46. The first-order valence-corrected chi connectivity index (χ1v) is 12.8. The van der Waals surface area contributed by atoms with Gasteiger partial charge in [0, 0.05) is 24.8 Å². The maximum Gasteiger partial charge on any atom is 0.309 e. The van der Waals surface area contributed by atoms with Crippen molar-refractivity contribution in [2.75, 3.05) is 18.5 Å². The van der Waals surface area contributed by atoms with Crippen LogP contribution < -0.4 is 10.6 Å². The lowest BCUT2D eigenvalue weighted by Gasteiger charge is -2.58. The monoisotopic (exact) mass is 454 g/mol. The van der Waals surface area contributed by atoms with Crippen LogP contribution >= 0.6 is 0 Å². The summed E-state index contributed by atoms with van der Waals surface area (Å²) in [5.74, 6) is 1.17. The second kappa shape index (κ2) is 8.22. The number of carboxylic acid groups (broad SMARTS) is 1. The molecule has 6 fully saturated rings. The van der Waals surface area contributed by atoms with Crippen molar-refractivity contribution < 1.29 is 19.4 Å². The third kappa shape index (κ3) is 3.80. The minimum Gasteiger partial charge on any atom is -0.481 e. The molecule has 1 aliphatic heterocycles. The number of aliphatic carboxylic acids is 1. The molecule has 1 saturated heterocycles. The molecule has 178 valence electrons. The van der Waals surface area contributed by atoms with Gasteiger partial charge in [0.15, 0.2) is 0 Å². The van der Waals surface area contributed by atoms with Gasteiger partial charge in [-0.1, -0.05) is 12.8 Å². The summed E-state index contributed by atoms with van der Waals surface area (Å²) in [6.45, 7) is 1.41. The molecular formula is C25H34N4O4. The maximum absolute atomic E-state index is 13.5. The Labute approximate surface area is 194 Å². The molecule has 33 heavy (non-hydrogen) atoms. The van der Waals surface area contributed by atoms with Crippen LogP contribution in [0.4, 0.5) is 5.95 Å². The molecule has 0 aromatic carbocycles. The molecule has 8 nitrogen and oxygen atoms in total. The van der Waals surface area contributed by atoms with Gasteiger partial charge in [0.25, 0.3) is 5.91 Å². The Balaban J connectivity index is 1.22. The van der Waals surface area contributed by atoms with Crippen LogP contribution in [0.25, 0.3) is 0 Å². The Hall–Kier alpha value is -2.22. The van der Waals surface area contributed by atoms with Crippen LogP contribution in [0.5, 0.6) is 0 Å². The van der Waals surface area contributed by atoms with Crippen molar-refractivity contribution in [3.63, 3.8) is 0 Å². The predicted octanol–water partition coefficient (Wildman–Crippen LogP) is 3.34. The number of amides is 1. The zero-order valence-corrected chi connectivity index (χ0v) is 19.1. The minimum absolute atomic E-state index is 0.0615. The minimum atomic E-state index is -0.639. The quantitative estimate of drug-likeness (QED) is 0.604. The van der Waals surface area contributed by atoms with E-state index in [0.29, 0.717) is 42.8 Å². The number of ether oxygens (including phenoxy) is 1. The summed E-state index contributed by atoms with van der Waals surface area (Å²) in [4.78, 5) is 34.9. The second-order valence-corrected chi connectivity index (χ2v) is 11.2. The number of nitrogens with zero attached hydrogens (tertiary/aromatic N) is 2. The van der Waals surface area contributed by atoms with Crippen molar-refractivity contribution in [3.05, 3.63) is 17.5 Å². The number of aromatic nitrogens is 2. The zero-order valence-electron chi connectivity index (χ0n) is 19.1. The maximum atomic E-state index is 13.5. The van der Waals surface area contributed by atoms with Gasteiger partial charge >= 0.3 is 5.97 Å². The summed E-state index contributed by atoms with van der Waals surface area (Å²) in [6.07, 6.45) is 11.4. The third-order valence-corrected chi connectivity index (χ3v) is 9.09.